The minimum Gasteiger partial charge on any atom is -0.464 e. The first-order valence-corrected chi connectivity index (χ1v) is 6.74. The average molecular weight is 276 g/mol. The number of ketones is 1. The lowest BCUT2D eigenvalue weighted by Crippen LogP contribution is -1.97. The summed E-state index contributed by atoms with van der Waals surface area (Å²) in [5.41, 5.74) is 3.01. The van der Waals surface area contributed by atoms with E-state index >= 15 is 0 Å². The summed E-state index contributed by atoms with van der Waals surface area (Å²) >= 11 is 0. The van der Waals surface area contributed by atoms with Crippen molar-refractivity contribution in [3.63, 3.8) is 0 Å². The Morgan fingerprint density at radius 1 is 1.05 bits per heavy atom. The summed E-state index contributed by atoms with van der Waals surface area (Å²) in [6, 6.07) is 15.1. The van der Waals surface area contributed by atoms with Gasteiger partial charge in [0.25, 0.3) is 0 Å². The molecule has 4 aromatic rings. The number of aryl methyl sites for hydroxylation is 1. The number of furan rings is 2. The van der Waals surface area contributed by atoms with Gasteiger partial charge in [0.15, 0.2) is 5.76 Å². The first kappa shape index (κ1) is 12.0. The first-order chi connectivity index (χ1) is 10.2. The zero-order valence-corrected chi connectivity index (χ0v) is 11.4. The third-order valence-electron chi connectivity index (χ3n) is 3.69. The van der Waals surface area contributed by atoms with E-state index < -0.39 is 0 Å². The molecule has 0 N–H and O–H groups in total. The quantitative estimate of drug-likeness (QED) is 0.497. The maximum absolute atomic E-state index is 12.6. The SMILES string of the molecule is Cc1cccc2cc(C(=O)c3coc4ccccc34)oc12. The van der Waals surface area contributed by atoms with Crippen LogP contribution in [-0.2, 0) is 0 Å². The van der Waals surface area contributed by atoms with Crippen LogP contribution < -0.4 is 0 Å². The van der Waals surface area contributed by atoms with Crippen LogP contribution in [0.2, 0.25) is 0 Å². The van der Waals surface area contributed by atoms with E-state index in [-0.39, 0.29) is 5.78 Å². The van der Waals surface area contributed by atoms with Gasteiger partial charge in [0.05, 0.1) is 5.56 Å². The molecule has 102 valence electrons. The summed E-state index contributed by atoms with van der Waals surface area (Å²) in [6.45, 7) is 1.97. The molecule has 3 nitrogen and oxygen atoms in total. The van der Waals surface area contributed by atoms with Gasteiger partial charge in [-0.25, -0.2) is 0 Å². The topological polar surface area (TPSA) is 43.4 Å². The van der Waals surface area contributed by atoms with E-state index in [1.54, 1.807) is 6.07 Å². The predicted molar refractivity (Wildman–Crippen MR) is 80.6 cm³/mol. The van der Waals surface area contributed by atoms with Crippen LogP contribution in [0.15, 0.2) is 63.6 Å². The highest BCUT2D eigenvalue weighted by Crippen LogP contribution is 2.27. The number of hydrogen-bond acceptors (Lipinski definition) is 3. The van der Waals surface area contributed by atoms with Crippen molar-refractivity contribution in [2.24, 2.45) is 0 Å². The Morgan fingerprint density at radius 3 is 2.76 bits per heavy atom. The van der Waals surface area contributed by atoms with E-state index in [0.29, 0.717) is 16.9 Å². The number of para-hydroxylation sites is 2. The minimum absolute atomic E-state index is 0.157. The highest BCUT2D eigenvalue weighted by molar-refractivity contribution is 6.15. The molecule has 21 heavy (non-hydrogen) atoms. The highest BCUT2D eigenvalue weighted by Gasteiger charge is 2.19. The van der Waals surface area contributed by atoms with Crippen molar-refractivity contribution >= 4 is 27.7 Å². The monoisotopic (exact) mass is 276 g/mol. The molecule has 3 heteroatoms. The van der Waals surface area contributed by atoms with Gasteiger partial charge in [-0.15, -0.1) is 0 Å². The number of carbonyl (C=O) groups is 1. The summed E-state index contributed by atoms with van der Waals surface area (Å²) in [6.07, 6.45) is 1.49. The van der Waals surface area contributed by atoms with E-state index in [1.807, 2.05) is 49.4 Å². The molecule has 0 bridgehead atoms. The number of hydrogen-bond donors (Lipinski definition) is 0. The second-order valence-corrected chi connectivity index (χ2v) is 5.08. The van der Waals surface area contributed by atoms with Crippen LogP contribution in [0.3, 0.4) is 0 Å². The van der Waals surface area contributed by atoms with Gasteiger partial charge in [-0.05, 0) is 24.6 Å². The van der Waals surface area contributed by atoms with E-state index in [2.05, 4.69) is 0 Å². The molecular weight excluding hydrogens is 264 g/mol. The normalized spacial score (nSPS) is 11.3. The summed E-state index contributed by atoms with van der Waals surface area (Å²) < 4.78 is 11.2. The Balaban J connectivity index is 1.88. The van der Waals surface area contributed by atoms with E-state index in [9.17, 15) is 4.79 Å². The molecule has 4 rings (SSSR count). The van der Waals surface area contributed by atoms with Crippen LogP contribution in [-0.4, -0.2) is 5.78 Å². The van der Waals surface area contributed by atoms with Gasteiger partial charge in [0.2, 0.25) is 5.78 Å². The molecule has 0 saturated carbocycles. The van der Waals surface area contributed by atoms with Gasteiger partial charge in [0.1, 0.15) is 17.4 Å². The largest absolute Gasteiger partial charge is 0.464 e. The van der Waals surface area contributed by atoms with Gasteiger partial charge in [-0.3, -0.25) is 4.79 Å². The van der Waals surface area contributed by atoms with Crippen molar-refractivity contribution in [1.82, 2.24) is 0 Å². The van der Waals surface area contributed by atoms with Crippen LogP contribution >= 0.6 is 0 Å². The van der Waals surface area contributed by atoms with E-state index in [1.165, 1.54) is 6.26 Å². The molecule has 2 aromatic heterocycles. The van der Waals surface area contributed by atoms with Crippen LogP contribution in [0, 0.1) is 6.92 Å². The summed E-state index contributed by atoms with van der Waals surface area (Å²) in [4.78, 5) is 12.6. The zero-order valence-electron chi connectivity index (χ0n) is 11.4. The molecule has 2 heterocycles. The maximum atomic E-state index is 12.6. The van der Waals surface area contributed by atoms with Crippen LogP contribution in [0.5, 0.6) is 0 Å². The van der Waals surface area contributed by atoms with Crippen molar-refractivity contribution < 1.29 is 13.6 Å². The van der Waals surface area contributed by atoms with Crippen molar-refractivity contribution in [2.75, 3.05) is 0 Å². The summed E-state index contributed by atoms with van der Waals surface area (Å²) in [5.74, 6) is 0.182. The van der Waals surface area contributed by atoms with Crippen molar-refractivity contribution in [3.8, 4) is 0 Å². The molecule has 0 fully saturated rings. The summed E-state index contributed by atoms with van der Waals surface area (Å²) in [5, 5.41) is 1.74. The Labute approximate surface area is 120 Å². The lowest BCUT2D eigenvalue weighted by Gasteiger charge is -1.94. The van der Waals surface area contributed by atoms with Crippen molar-refractivity contribution in [3.05, 3.63) is 71.7 Å². The Kier molecular flexibility index (Phi) is 2.48. The third kappa shape index (κ3) is 1.78. The highest BCUT2D eigenvalue weighted by atomic mass is 16.3. The van der Waals surface area contributed by atoms with Crippen molar-refractivity contribution in [2.45, 2.75) is 6.92 Å². The molecule has 0 amide bonds. The molecule has 0 radical (unpaired) electrons. The fourth-order valence-electron chi connectivity index (χ4n) is 2.61. The van der Waals surface area contributed by atoms with Gasteiger partial charge in [-0.1, -0.05) is 36.4 Å². The molecule has 0 saturated heterocycles. The zero-order chi connectivity index (χ0) is 14.4. The number of benzene rings is 2. The second-order valence-electron chi connectivity index (χ2n) is 5.08. The molecule has 0 unspecified atom stereocenters. The van der Waals surface area contributed by atoms with Gasteiger partial charge < -0.3 is 8.83 Å². The lowest BCUT2D eigenvalue weighted by molar-refractivity contribution is 0.101. The molecule has 0 aliphatic heterocycles. The summed E-state index contributed by atoms with van der Waals surface area (Å²) in [7, 11) is 0. The minimum atomic E-state index is -0.157. The lowest BCUT2D eigenvalue weighted by atomic mass is 10.1. The number of fused-ring (bicyclic) bond motifs is 2. The van der Waals surface area contributed by atoms with Crippen LogP contribution in [0.4, 0.5) is 0 Å². The second kappa shape index (κ2) is 4.35. The number of rotatable bonds is 2. The Morgan fingerprint density at radius 2 is 1.90 bits per heavy atom. The predicted octanol–water partition coefficient (Wildman–Crippen LogP) is 4.72. The fourth-order valence-corrected chi connectivity index (χ4v) is 2.61. The molecule has 0 spiro atoms. The molecule has 2 aromatic carbocycles. The van der Waals surface area contributed by atoms with Crippen LogP contribution in [0.1, 0.15) is 21.7 Å². The van der Waals surface area contributed by atoms with E-state index in [0.717, 1.165) is 21.9 Å². The van der Waals surface area contributed by atoms with Gasteiger partial charge >= 0.3 is 0 Å². The van der Waals surface area contributed by atoms with Gasteiger partial charge in [0, 0.05) is 10.8 Å². The fraction of sp³-hybridized carbons (Fsp3) is 0.0556. The Bertz CT molecular complexity index is 972. The number of carbonyl (C=O) groups excluding carboxylic acids is 1. The third-order valence-corrected chi connectivity index (χ3v) is 3.69. The molecular formula is C18H12O3. The molecule has 0 aliphatic rings. The van der Waals surface area contributed by atoms with Crippen LogP contribution in [0.25, 0.3) is 21.9 Å². The maximum Gasteiger partial charge on any atom is 0.232 e. The molecule has 0 atom stereocenters. The Hall–Kier alpha value is -2.81. The first-order valence-electron chi connectivity index (χ1n) is 6.74. The van der Waals surface area contributed by atoms with E-state index in [4.69, 9.17) is 8.83 Å². The van der Waals surface area contributed by atoms with Gasteiger partial charge in [-0.2, -0.15) is 0 Å². The molecule has 0 aliphatic carbocycles. The smallest absolute Gasteiger partial charge is 0.232 e. The average Bonchev–Trinajstić information content (AvgIpc) is 3.11. The standard InChI is InChI=1S/C18H12O3/c1-11-5-4-6-12-9-16(21-18(11)12)17(19)14-10-20-15-8-3-2-7-13(14)15/h2-10H,1H3. The van der Waals surface area contributed by atoms with Crippen molar-refractivity contribution in [1.29, 1.82) is 0 Å².